The number of benzene rings is 1. The molecule has 0 fully saturated rings. The van der Waals surface area contributed by atoms with Crippen molar-refractivity contribution in [3.05, 3.63) is 30.5 Å². The van der Waals surface area contributed by atoms with Gasteiger partial charge in [0.25, 0.3) is 0 Å². The van der Waals surface area contributed by atoms with Gasteiger partial charge in [-0.25, -0.2) is 4.79 Å². The van der Waals surface area contributed by atoms with Gasteiger partial charge in [0.1, 0.15) is 0 Å². The summed E-state index contributed by atoms with van der Waals surface area (Å²) < 4.78 is 5.15. The molecule has 0 saturated carbocycles. The number of nitrogens with one attached hydrogen (secondary N) is 2. The van der Waals surface area contributed by atoms with Crippen molar-refractivity contribution < 1.29 is 9.53 Å². The number of unbranched alkanes of at least 4 members (excludes halogenated alkanes) is 1. The van der Waals surface area contributed by atoms with Crippen molar-refractivity contribution in [3.8, 4) is 0 Å². The summed E-state index contributed by atoms with van der Waals surface area (Å²) in [5, 5.41) is 7.14. The number of nitrogens with zero attached hydrogens (tertiary/aromatic N) is 1. The molecule has 6 nitrogen and oxygen atoms in total. The molecule has 2 aromatic rings. The maximum atomic E-state index is 11.5. The lowest BCUT2D eigenvalue weighted by Crippen LogP contribution is -2.41. The first-order valence-electron chi connectivity index (χ1n) is 8.19. The Morgan fingerprint density at radius 2 is 2.00 bits per heavy atom. The highest BCUT2D eigenvalue weighted by molar-refractivity contribution is 5.96. The molecule has 0 unspecified atom stereocenters. The maximum Gasteiger partial charge on any atom is 0.407 e. The number of pyridine rings is 1. The molecule has 130 valence electrons. The van der Waals surface area contributed by atoms with Crippen LogP contribution in [-0.2, 0) is 4.74 Å². The van der Waals surface area contributed by atoms with Crippen LogP contribution in [0.4, 0.5) is 16.2 Å². The van der Waals surface area contributed by atoms with Crippen molar-refractivity contribution in [2.45, 2.75) is 39.2 Å². The molecule has 0 saturated heterocycles. The fraction of sp³-hybridized carbons (Fsp3) is 0.444. The van der Waals surface area contributed by atoms with Gasteiger partial charge in [-0.05, 0) is 39.7 Å². The molecule has 0 aliphatic heterocycles. The van der Waals surface area contributed by atoms with E-state index in [1.165, 1.54) is 0 Å². The zero-order valence-corrected chi connectivity index (χ0v) is 14.6. The Kier molecular flexibility index (Phi) is 5.84. The molecule has 1 amide bonds. The van der Waals surface area contributed by atoms with Crippen LogP contribution in [0.15, 0.2) is 30.5 Å². The number of nitrogens with two attached hydrogens (primary N) is 1. The van der Waals surface area contributed by atoms with Crippen LogP contribution in [-0.4, -0.2) is 29.8 Å². The maximum absolute atomic E-state index is 11.5. The lowest BCUT2D eigenvalue weighted by Gasteiger charge is -2.19. The van der Waals surface area contributed by atoms with Crippen molar-refractivity contribution >= 4 is 28.4 Å². The summed E-state index contributed by atoms with van der Waals surface area (Å²) in [7, 11) is 0. The number of hydrogen-bond acceptors (Lipinski definition) is 5. The average Bonchev–Trinajstić information content (AvgIpc) is 2.50. The highest BCUT2D eigenvalue weighted by Crippen LogP contribution is 2.27. The average molecular weight is 330 g/mol. The van der Waals surface area contributed by atoms with Crippen molar-refractivity contribution in [2.24, 2.45) is 0 Å². The number of fused-ring (bicyclic) bond motifs is 1. The second-order valence-corrected chi connectivity index (χ2v) is 6.75. The summed E-state index contributed by atoms with van der Waals surface area (Å²) in [5.41, 5.74) is 8.20. The van der Waals surface area contributed by atoms with Gasteiger partial charge in [-0.1, -0.05) is 18.2 Å². The number of anilines is 2. The van der Waals surface area contributed by atoms with Gasteiger partial charge in [0.2, 0.25) is 0 Å². The van der Waals surface area contributed by atoms with E-state index in [-0.39, 0.29) is 11.6 Å². The third-order valence-electron chi connectivity index (χ3n) is 3.39. The SMILES string of the molecule is CC(C)(C)NC(=O)OCCCCNc1c(N)cnc2ccccc12. The van der Waals surface area contributed by atoms with Gasteiger partial charge in [-0.15, -0.1) is 0 Å². The predicted octanol–water partition coefficient (Wildman–Crippen LogP) is 3.53. The monoisotopic (exact) mass is 330 g/mol. The van der Waals surface area contributed by atoms with Gasteiger partial charge >= 0.3 is 6.09 Å². The van der Waals surface area contributed by atoms with E-state index in [1.807, 2.05) is 45.0 Å². The van der Waals surface area contributed by atoms with E-state index in [0.29, 0.717) is 12.3 Å². The normalized spacial score (nSPS) is 11.3. The molecule has 24 heavy (non-hydrogen) atoms. The first-order valence-corrected chi connectivity index (χ1v) is 8.19. The smallest absolute Gasteiger partial charge is 0.407 e. The molecule has 0 atom stereocenters. The van der Waals surface area contributed by atoms with E-state index in [4.69, 9.17) is 10.5 Å². The summed E-state index contributed by atoms with van der Waals surface area (Å²) >= 11 is 0. The molecule has 2 rings (SSSR count). The predicted molar refractivity (Wildman–Crippen MR) is 98.1 cm³/mol. The molecule has 0 radical (unpaired) electrons. The van der Waals surface area contributed by atoms with Gasteiger partial charge < -0.3 is 21.1 Å². The number of aromatic nitrogens is 1. The number of rotatable bonds is 6. The fourth-order valence-corrected chi connectivity index (χ4v) is 2.30. The van der Waals surface area contributed by atoms with Crippen LogP contribution in [0.1, 0.15) is 33.6 Å². The zero-order chi connectivity index (χ0) is 17.6. The van der Waals surface area contributed by atoms with Crippen molar-refractivity contribution in [1.82, 2.24) is 10.3 Å². The van der Waals surface area contributed by atoms with E-state index in [0.717, 1.165) is 36.0 Å². The van der Waals surface area contributed by atoms with Gasteiger partial charge in [-0.3, -0.25) is 4.98 Å². The van der Waals surface area contributed by atoms with Crippen molar-refractivity contribution in [1.29, 1.82) is 0 Å². The van der Waals surface area contributed by atoms with E-state index >= 15 is 0 Å². The molecule has 0 bridgehead atoms. The Morgan fingerprint density at radius 3 is 2.75 bits per heavy atom. The minimum Gasteiger partial charge on any atom is -0.450 e. The molecule has 6 heteroatoms. The number of para-hydroxylation sites is 1. The summed E-state index contributed by atoms with van der Waals surface area (Å²) in [6.07, 6.45) is 2.96. The highest BCUT2D eigenvalue weighted by Gasteiger charge is 2.14. The lowest BCUT2D eigenvalue weighted by molar-refractivity contribution is 0.136. The zero-order valence-electron chi connectivity index (χ0n) is 14.6. The number of nitrogen functional groups attached to an aromatic ring is 1. The third-order valence-corrected chi connectivity index (χ3v) is 3.39. The van der Waals surface area contributed by atoms with Crippen LogP contribution in [0.2, 0.25) is 0 Å². The van der Waals surface area contributed by atoms with Crippen LogP contribution in [0.25, 0.3) is 10.9 Å². The topological polar surface area (TPSA) is 89.3 Å². The molecule has 4 N–H and O–H groups in total. The lowest BCUT2D eigenvalue weighted by atomic mass is 10.1. The molecular weight excluding hydrogens is 304 g/mol. The van der Waals surface area contributed by atoms with Gasteiger partial charge in [0.05, 0.1) is 29.7 Å². The summed E-state index contributed by atoms with van der Waals surface area (Å²) in [6, 6.07) is 7.88. The van der Waals surface area contributed by atoms with Gasteiger partial charge in [-0.2, -0.15) is 0 Å². The molecular formula is C18H26N4O2. The Labute approximate surface area is 142 Å². The van der Waals surface area contributed by atoms with Crippen LogP contribution >= 0.6 is 0 Å². The Hall–Kier alpha value is -2.50. The molecule has 0 spiro atoms. The quantitative estimate of drug-likeness (QED) is 0.705. The van der Waals surface area contributed by atoms with Crippen LogP contribution in [0, 0.1) is 0 Å². The van der Waals surface area contributed by atoms with E-state index in [2.05, 4.69) is 15.6 Å². The number of carbonyl (C=O) groups is 1. The van der Waals surface area contributed by atoms with E-state index in [1.54, 1.807) is 6.20 Å². The number of ether oxygens (including phenoxy) is 1. The number of hydrogen-bond donors (Lipinski definition) is 3. The largest absolute Gasteiger partial charge is 0.450 e. The minimum atomic E-state index is -0.375. The van der Waals surface area contributed by atoms with Crippen LogP contribution < -0.4 is 16.4 Å². The standard InChI is InChI=1S/C18H26N4O2/c1-18(2,3)22-17(23)24-11-7-6-10-20-16-13-8-4-5-9-15(13)21-12-14(16)19/h4-5,8-9,12H,6-7,10-11,19H2,1-3H3,(H,20,21)(H,22,23). The van der Waals surface area contributed by atoms with Crippen LogP contribution in [0.3, 0.4) is 0 Å². The number of carbonyl (C=O) groups excluding carboxylic acids is 1. The molecule has 0 aliphatic carbocycles. The van der Waals surface area contributed by atoms with Crippen molar-refractivity contribution in [3.63, 3.8) is 0 Å². The van der Waals surface area contributed by atoms with E-state index in [9.17, 15) is 4.79 Å². The third kappa shape index (κ3) is 5.30. The first-order chi connectivity index (χ1) is 11.4. The Morgan fingerprint density at radius 1 is 1.25 bits per heavy atom. The molecule has 1 aromatic carbocycles. The second kappa shape index (κ2) is 7.86. The fourth-order valence-electron chi connectivity index (χ4n) is 2.30. The van der Waals surface area contributed by atoms with Gasteiger partial charge in [0, 0.05) is 17.5 Å². The van der Waals surface area contributed by atoms with Crippen LogP contribution in [0.5, 0.6) is 0 Å². The van der Waals surface area contributed by atoms with E-state index < -0.39 is 0 Å². The number of alkyl carbamates (subject to hydrolysis) is 1. The van der Waals surface area contributed by atoms with Crippen molar-refractivity contribution in [2.75, 3.05) is 24.2 Å². The molecule has 1 aromatic heterocycles. The Balaban J connectivity index is 1.75. The summed E-state index contributed by atoms with van der Waals surface area (Å²) in [6.45, 7) is 6.91. The Bertz CT molecular complexity index is 695. The minimum absolute atomic E-state index is 0.279. The first kappa shape index (κ1) is 17.8. The second-order valence-electron chi connectivity index (χ2n) is 6.75. The highest BCUT2D eigenvalue weighted by atomic mass is 16.5. The summed E-state index contributed by atoms with van der Waals surface area (Å²) in [4.78, 5) is 15.8. The number of amides is 1. The molecule has 1 heterocycles. The molecule has 0 aliphatic rings. The summed E-state index contributed by atoms with van der Waals surface area (Å²) in [5.74, 6) is 0. The van der Waals surface area contributed by atoms with Gasteiger partial charge in [0.15, 0.2) is 0 Å².